The van der Waals surface area contributed by atoms with E-state index in [-0.39, 0.29) is 11.8 Å². The van der Waals surface area contributed by atoms with Gasteiger partial charge in [-0.2, -0.15) is 0 Å². The van der Waals surface area contributed by atoms with E-state index in [1.54, 1.807) is 6.92 Å². The van der Waals surface area contributed by atoms with Gasteiger partial charge < -0.3 is 15.4 Å². The van der Waals surface area contributed by atoms with Crippen molar-refractivity contribution in [2.24, 2.45) is 5.92 Å². The zero-order chi connectivity index (χ0) is 17.5. The van der Waals surface area contributed by atoms with Crippen LogP contribution in [0.1, 0.15) is 52.0 Å². The molecule has 1 aromatic carbocycles. The van der Waals surface area contributed by atoms with Crippen molar-refractivity contribution in [3.63, 3.8) is 0 Å². The summed E-state index contributed by atoms with van der Waals surface area (Å²) in [6.07, 6.45) is 5.14. The van der Waals surface area contributed by atoms with Crippen LogP contribution in [-0.2, 0) is 20.9 Å². The van der Waals surface area contributed by atoms with Crippen LogP contribution in [0.5, 0.6) is 0 Å². The average molecular weight is 332 g/mol. The smallest absolute Gasteiger partial charge is 0.246 e. The van der Waals surface area contributed by atoms with Gasteiger partial charge >= 0.3 is 0 Å². The van der Waals surface area contributed by atoms with Gasteiger partial charge in [-0.05, 0) is 43.4 Å². The maximum absolute atomic E-state index is 12.0. The number of ether oxygens (including phenoxy) is 1. The minimum Gasteiger partial charge on any atom is -0.374 e. The van der Waals surface area contributed by atoms with E-state index in [0.717, 1.165) is 30.0 Å². The van der Waals surface area contributed by atoms with Crippen molar-refractivity contribution in [2.75, 3.05) is 5.32 Å². The predicted octanol–water partition coefficient (Wildman–Crippen LogP) is 3.25. The summed E-state index contributed by atoms with van der Waals surface area (Å²) in [7, 11) is 0. The maximum atomic E-state index is 12.0. The van der Waals surface area contributed by atoms with Gasteiger partial charge in [0.15, 0.2) is 0 Å². The summed E-state index contributed by atoms with van der Waals surface area (Å²) in [5.41, 5.74) is 1.76. The van der Waals surface area contributed by atoms with Gasteiger partial charge in [-0.15, -0.1) is 0 Å². The first-order valence-corrected chi connectivity index (χ1v) is 8.72. The molecule has 24 heavy (non-hydrogen) atoms. The van der Waals surface area contributed by atoms with Crippen molar-refractivity contribution in [3.8, 4) is 0 Å². The monoisotopic (exact) mass is 332 g/mol. The highest BCUT2D eigenvalue weighted by Crippen LogP contribution is 2.26. The molecule has 132 valence electrons. The van der Waals surface area contributed by atoms with E-state index in [9.17, 15) is 9.59 Å². The second-order valence-corrected chi connectivity index (χ2v) is 6.82. The molecule has 2 N–H and O–H groups in total. The summed E-state index contributed by atoms with van der Waals surface area (Å²) < 4.78 is 6.03. The molecule has 1 saturated carbocycles. The molecule has 0 heterocycles. The van der Waals surface area contributed by atoms with Crippen LogP contribution < -0.4 is 10.6 Å². The molecule has 0 aliphatic heterocycles. The van der Waals surface area contributed by atoms with E-state index >= 15 is 0 Å². The minimum atomic E-state index is -0.564. The minimum absolute atomic E-state index is 0.221. The molecule has 1 aromatic rings. The summed E-state index contributed by atoms with van der Waals surface area (Å²) in [4.78, 5) is 23.1. The zero-order valence-corrected chi connectivity index (χ0v) is 14.8. The molecule has 0 saturated heterocycles. The normalized spacial score (nSPS) is 21.8. The molecule has 2 amide bonds. The summed E-state index contributed by atoms with van der Waals surface area (Å²) >= 11 is 0. The fourth-order valence-corrected chi connectivity index (χ4v) is 3.10. The third kappa shape index (κ3) is 5.96. The zero-order valence-electron chi connectivity index (χ0n) is 14.8. The Morgan fingerprint density at radius 2 is 2.12 bits per heavy atom. The second-order valence-electron chi connectivity index (χ2n) is 6.82. The Morgan fingerprint density at radius 1 is 1.33 bits per heavy atom. The largest absolute Gasteiger partial charge is 0.374 e. The second kappa shape index (κ2) is 8.83. The van der Waals surface area contributed by atoms with Crippen molar-refractivity contribution in [1.82, 2.24) is 5.32 Å². The lowest BCUT2D eigenvalue weighted by molar-refractivity contribution is -0.124. The van der Waals surface area contributed by atoms with Crippen LogP contribution in [0, 0.1) is 5.92 Å². The number of anilines is 1. The Morgan fingerprint density at radius 3 is 2.83 bits per heavy atom. The van der Waals surface area contributed by atoms with Crippen LogP contribution in [0.3, 0.4) is 0 Å². The van der Waals surface area contributed by atoms with E-state index in [0.29, 0.717) is 12.7 Å². The highest BCUT2D eigenvalue weighted by Gasteiger charge is 2.19. The van der Waals surface area contributed by atoms with E-state index in [4.69, 9.17) is 4.74 Å². The highest BCUT2D eigenvalue weighted by atomic mass is 16.5. The van der Waals surface area contributed by atoms with Gasteiger partial charge in [-0.3, -0.25) is 9.59 Å². The van der Waals surface area contributed by atoms with Crippen LogP contribution in [0.25, 0.3) is 0 Å². The molecule has 0 bridgehead atoms. The van der Waals surface area contributed by atoms with Crippen molar-refractivity contribution in [3.05, 3.63) is 29.8 Å². The number of carbonyl (C=O) groups is 2. The summed E-state index contributed by atoms with van der Waals surface area (Å²) in [5, 5.41) is 5.40. The standard InChI is InChI=1S/C19H28N2O3/c1-13-6-4-9-18(10-13)24-12-16-7-5-8-17(11-16)21-19(23)14(2)20-15(3)22/h5,7-8,11,13-14,18H,4,6,9-10,12H2,1-3H3,(H,20,22)(H,21,23). The third-order valence-corrected chi connectivity index (χ3v) is 4.38. The lowest BCUT2D eigenvalue weighted by atomic mass is 9.89. The lowest BCUT2D eigenvalue weighted by Gasteiger charge is -2.26. The molecular weight excluding hydrogens is 304 g/mol. The molecule has 5 heteroatoms. The molecule has 0 aromatic heterocycles. The number of hydrogen-bond acceptors (Lipinski definition) is 3. The van der Waals surface area contributed by atoms with Crippen LogP contribution in [0.4, 0.5) is 5.69 Å². The van der Waals surface area contributed by atoms with Crippen LogP contribution in [-0.4, -0.2) is 24.0 Å². The molecule has 3 atom stereocenters. The number of carbonyl (C=O) groups excluding carboxylic acids is 2. The fraction of sp³-hybridized carbons (Fsp3) is 0.579. The molecule has 1 aliphatic carbocycles. The van der Waals surface area contributed by atoms with Crippen LogP contribution in [0.15, 0.2) is 24.3 Å². The Balaban J connectivity index is 1.86. The van der Waals surface area contributed by atoms with Gasteiger partial charge in [0.1, 0.15) is 6.04 Å². The first kappa shape index (κ1) is 18.5. The average Bonchev–Trinajstić information content (AvgIpc) is 2.53. The van der Waals surface area contributed by atoms with Gasteiger partial charge in [0.2, 0.25) is 11.8 Å². The number of rotatable bonds is 6. The summed E-state index contributed by atoms with van der Waals surface area (Å²) in [6, 6.07) is 7.10. The predicted molar refractivity (Wildman–Crippen MR) is 94.6 cm³/mol. The molecule has 2 rings (SSSR count). The van der Waals surface area contributed by atoms with Crippen LogP contribution >= 0.6 is 0 Å². The molecule has 0 spiro atoms. The molecule has 5 nitrogen and oxygen atoms in total. The molecule has 1 aliphatic rings. The van der Waals surface area contributed by atoms with Gasteiger partial charge in [0.05, 0.1) is 12.7 Å². The SMILES string of the molecule is CC(=O)NC(C)C(=O)Nc1cccc(COC2CCCC(C)C2)c1. The number of hydrogen-bond donors (Lipinski definition) is 2. The van der Waals surface area contributed by atoms with Crippen molar-refractivity contribution < 1.29 is 14.3 Å². The van der Waals surface area contributed by atoms with E-state index in [1.807, 2.05) is 24.3 Å². The Hall–Kier alpha value is -1.88. The van der Waals surface area contributed by atoms with Gasteiger partial charge in [-0.1, -0.05) is 31.9 Å². The summed E-state index contributed by atoms with van der Waals surface area (Å²) in [6.45, 7) is 5.89. The number of nitrogens with one attached hydrogen (secondary N) is 2. The molecule has 0 radical (unpaired) electrons. The van der Waals surface area contributed by atoms with Crippen molar-refractivity contribution in [1.29, 1.82) is 0 Å². The van der Waals surface area contributed by atoms with Gasteiger partial charge in [-0.25, -0.2) is 0 Å². The number of benzene rings is 1. The Kier molecular flexibility index (Phi) is 6.79. The molecule has 3 unspecified atom stereocenters. The lowest BCUT2D eigenvalue weighted by Crippen LogP contribution is -2.40. The topological polar surface area (TPSA) is 67.4 Å². The Labute approximate surface area is 144 Å². The summed E-state index contributed by atoms with van der Waals surface area (Å²) in [5.74, 6) is 0.288. The van der Waals surface area contributed by atoms with Gasteiger partial charge in [0.25, 0.3) is 0 Å². The Bertz CT molecular complexity index is 573. The number of amides is 2. The maximum Gasteiger partial charge on any atom is 0.246 e. The van der Waals surface area contributed by atoms with Crippen LogP contribution in [0.2, 0.25) is 0 Å². The van der Waals surface area contributed by atoms with Crippen molar-refractivity contribution in [2.45, 2.75) is 65.2 Å². The molecule has 1 fully saturated rings. The first-order valence-electron chi connectivity index (χ1n) is 8.72. The van der Waals surface area contributed by atoms with Crippen molar-refractivity contribution >= 4 is 17.5 Å². The first-order chi connectivity index (χ1) is 11.4. The fourth-order valence-electron chi connectivity index (χ4n) is 3.10. The van der Waals surface area contributed by atoms with E-state index in [1.165, 1.54) is 19.8 Å². The van der Waals surface area contributed by atoms with E-state index < -0.39 is 6.04 Å². The quantitative estimate of drug-likeness (QED) is 0.840. The third-order valence-electron chi connectivity index (χ3n) is 4.38. The van der Waals surface area contributed by atoms with Gasteiger partial charge in [0, 0.05) is 12.6 Å². The van der Waals surface area contributed by atoms with E-state index in [2.05, 4.69) is 17.6 Å². The molecular formula is C19H28N2O3. The highest BCUT2D eigenvalue weighted by molar-refractivity contribution is 5.96.